The second-order valence-electron chi connectivity index (χ2n) is 8.28. The molecule has 0 saturated carbocycles. The molecule has 0 aliphatic heterocycles. The highest BCUT2D eigenvalue weighted by Gasteiger charge is 2.19. The lowest BCUT2D eigenvalue weighted by Gasteiger charge is -2.05. The summed E-state index contributed by atoms with van der Waals surface area (Å²) in [5.74, 6) is 1.32. The molecule has 0 saturated heterocycles. The predicted octanol–water partition coefficient (Wildman–Crippen LogP) is 7.39. The highest BCUT2D eigenvalue weighted by atomic mass is 16.4. The molecule has 0 aliphatic rings. The third-order valence-electron chi connectivity index (χ3n) is 6.14. The lowest BCUT2D eigenvalue weighted by Crippen LogP contribution is -2.11. The molecule has 4 nitrogen and oxygen atoms in total. The van der Waals surface area contributed by atoms with Gasteiger partial charge in [-0.2, -0.15) is 0 Å². The van der Waals surface area contributed by atoms with Crippen molar-refractivity contribution in [2.45, 2.75) is 12.8 Å². The fourth-order valence-corrected chi connectivity index (χ4v) is 4.57. The minimum atomic E-state index is 0.0260. The summed E-state index contributed by atoms with van der Waals surface area (Å²) in [6, 6.07) is 36.1. The van der Waals surface area contributed by atoms with Crippen molar-refractivity contribution in [2.24, 2.45) is 0 Å². The average Bonchev–Trinajstić information content (AvgIpc) is 3.48. The fourth-order valence-electron chi connectivity index (χ4n) is 4.57. The maximum Gasteiger partial charge on any atom is 0.232 e. The second kappa shape index (κ2) is 8.49. The van der Waals surface area contributed by atoms with Gasteiger partial charge in [0.2, 0.25) is 5.91 Å². The van der Waals surface area contributed by atoms with E-state index in [2.05, 4.69) is 12.1 Å². The van der Waals surface area contributed by atoms with Crippen LogP contribution in [0.25, 0.3) is 44.4 Å². The van der Waals surface area contributed by atoms with Crippen molar-refractivity contribution in [2.75, 3.05) is 0 Å². The van der Waals surface area contributed by atoms with E-state index in [0.29, 0.717) is 18.7 Å². The molecule has 6 rings (SSSR count). The predicted molar refractivity (Wildman–Crippen MR) is 136 cm³/mol. The fraction of sp³-hybridized carbons (Fsp3) is 0.0667. The minimum absolute atomic E-state index is 0.0260. The van der Waals surface area contributed by atoms with E-state index in [4.69, 9.17) is 9.40 Å². The quantitative estimate of drug-likeness (QED) is 0.280. The minimum Gasteiger partial charge on any atom is -0.440 e. The van der Waals surface area contributed by atoms with Gasteiger partial charge in [-0.3, -0.25) is 9.36 Å². The number of carbonyl (C=O) groups is 1. The van der Waals surface area contributed by atoms with Crippen LogP contribution >= 0.6 is 0 Å². The van der Waals surface area contributed by atoms with Crippen LogP contribution in [0.5, 0.6) is 0 Å². The van der Waals surface area contributed by atoms with Crippen molar-refractivity contribution in [1.29, 1.82) is 0 Å². The Morgan fingerprint density at radius 3 is 1.82 bits per heavy atom. The van der Waals surface area contributed by atoms with Gasteiger partial charge < -0.3 is 4.42 Å². The van der Waals surface area contributed by atoms with Crippen LogP contribution in [-0.4, -0.2) is 15.5 Å². The maximum atomic E-state index is 13.4. The standard InChI is InChI=1S/C30H22N2O2/c33-28(32-25-17-9-7-15-23(25)24-16-8-10-18-26(24)32)20-19-27-31-29(21-11-3-1-4-12-21)30(34-27)22-13-5-2-6-14-22/h1-18H,19-20H2. The number of hydrogen-bond acceptors (Lipinski definition) is 3. The van der Waals surface area contributed by atoms with Gasteiger partial charge >= 0.3 is 0 Å². The Balaban J connectivity index is 1.35. The number of nitrogens with zero attached hydrogens (tertiary/aromatic N) is 2. The molecule has 2 aromatic heterocycles. The highest BCUT2D eigenvalue weighted by Crippen LogP contribution is 2.33. The smallest absolute Gasteiger partial charge is 0.232 e. The number of carbonyl (C=O) groups excluding carboxylic acids is 1. The molecule has 0 fully saturated rings. The topological polar surface area (TPSA) is 48.0 Å². The van der Waals surface area contributed by atoms with Gasteiger partial charge in [-0.1, -0.05) is 97.1 Å². The second-order valence-corrected chi connectivity index (χ2v) is 8.28. The Kier molecular flexibility index (Phi) is 5.04. The third kappa shape index (κ3) is 3.50. The molecule has 0 amide bonds. The molecular weight excluding hydrogens is 420 g/mol. The maximum absolute atomic E-state index is 13.4. The molecule has 2 heterocycles. The molecular formula is C30H22N2O2. The van der Waals surface area contributed by atoms with Gasteiger partial charge in [-0.25, -0.2) is 4.98 Å². The molecule has 34 heavy (non-hydrogen) atoms. The Labute approximate surface area is 197 Å². The Bertz CT molecular complexity index is 1500. The number of oxazole rings is 1. The van der Waals surface area contributed by atoms with Crippen LogP contribution in [0.15, 0.2) is 114 Å². The zero-order valence-corrected chi connectivity index (χ0v) is 18.5. The third-order valence-corrected chi connectivity index (χ3v) is 6.14. The Hall–Kier alpha value is -4.44. The summed E-state index contributed by atoms with van der Waals surface area (Å²) in [6.45, 7) is 0. The van der Waals surface area contributed by atoms with Crippen LogP contribution in [-0.2, 0) is 6.42 Å². The molecule has 0 radical (unpaired) electrons. The first-order chi connectivity index (χ1) is 16.8. The van der Waals surface area contributed by atoms with Crippen molar-refractivity contribution in [3.05, 3.63) is 115 Å². The van der Waals surface area contributed by atoms with E-state index in [1.54, 1.807) is 0 Å². The van der Waals surface area contributed by atoms with E-state index in [9.17, 15) is 4.79 Å². The molecule has 0 spiro atoms. The molecule has 4 aromatic carbocycles. The van der Waals surface area contributed by atoms with Crippen molar-refractivity contribution < 1.29 is 9.21 Å². The first-order valence-corrected chi connectivity index (χ1v) is 11.4. The van der Waals surface area contributed by atoms with Crippen LogP contribution < -0.4 is 0 Å². The summed E-state index contributed by atoms with van der Waals surface area (Å²) in [4.78, 5) is 18.2. The monoisotopic (exact) mass is 442 g/mol. The van der Waals surface area contributed by atoms with Crippen molar-refractivity contribution >= 4 is 27.7 Å². The van der Waals surface area contributed by atoms with E-state index in [1.165, 1.54) is 0 Å². The van der Waals surface area contributed by atoms with E-state index >= 15 is 0 Å². The SMILES string of the molecule is O=C(CCc1nc(-c2ccccc2)c(-c2ccccc2)o1)n1c2ccccc2c2ccccc21. The van der Waals surface area contributed by atoms with E-state index in [1.807, 2.05) is 102 Å². The zero-order chi connectivity index (χ0) is 22.9. The van der Waals surface area contributed by atoms with Gasteiger partial charge in [0, 0.05) is 34.7 Å². The number of hydrogen-bond donors (Lipinski definition) is 0. The number of para-hydroxylation sites is 2. The van der Waals surface area contributed by atoms with Crippen molar-refractivity contribution in [3.63, 3.8) is 0 Å². The molecule has 164 valence electrons. The molecule has 0 unspecified atom stereocenters. The molecule has 0 aliphatic carbocycles. The molecule has 0 atom stereocenters. The zero-order valence-electron chi connectivity index (χ0n) is 18.5. The lowest BCUT2D eigenvalue weighted by molar-refractivity contribution is 0.0910. The first-order valence-electron chi connectivity index (χ1n) is 11.4. The molecule has 0 N–H and O–H groups in total. The van der Waals surface area contributed by atoms with Crippen LogP contribution in [0, 0.1) is 0 Å². The van der Waals surface area contributed by atoms with Crippen LogP contribution in [0.3, 0.4) is 0 Å². The summed E-state index contributed by atoms with van der Waals surface area (Å²) < 4.78 is 8.05. The van der Waals surface area contributed by atoms with E-state index in [0.717, 1.165) is 44.4 Å². The molecule has 6 aromatic rings. The summed E-state index contributed by atoms with van der Waals surface area (Å²) in [6.07, 6.45) is 0.720. The van der Waals surface area contributed by atoms with Crippen LogP contribution in [0.1, 0.15) is 17.1 Å². The average molecular weight is 443 g/mol. The van der Waals surface area contributed by atoms with Gasteiger partial charge in [-0.05, 0) is 12.1 Å². The molecule has 0 bridgehead atoms. The molecule has 4 heteroatoms. The normalized spacial score (nSPS) is 11.3. The summed E-state index contributed by atoms with van der Waals surface area (Å²) in [7, 11) is 0. The first kappa shape index (κ1) is 20.2. The number of aromatic nitrogens is 2. The van der Waals surface area contributed by atoms with Gasteiger partial charge in [-0.15, -0.1) is 0 Å². The number of benzene rings is 4. The van der Waals surface area contributed by atoms with E-state index < -0.39 is 0 Å². The summed E-state index contributed by atoms with van der Waals surface area (Å²) in [5, 5.41) is 2.17. The van der Waals surface area contributed by atoms with Gasteiger partial charge in [0.25, 0.3) is 0 Å². The van der Waals surface area contributed by atoms with Gasteiger partial charge in [0.15, 0.2) is 11.7 Å². The summed E-state index contributed by atoms with van der Waals surface area (Å²) >= 11 is 0. The highest BCUT2D eigenvalue weighted by molar-refractivity contribution is 6.13. The Morgan fingerprint density at radius 2 is 1.21 bits per heavy atom. The van der Waals surface area contributed by atoms with Crippen molar-refractivity contribution in [1.82, 2.24) is 9.55 Å². The largest absolute Gasteiger partial charge is 0.440 e. The van der Waals surface area contributed by atoms with Crippen LogP contribution in [0.4, 0.5) is 0 Å². The van der Waals surface area contributed by atoms with E-state index in [-0.39, 0.29) is 5.91 Å². The number of fused-ring (bicyclic) bond motifs is 3. The Morgan fingerprint density at radius 1 is 0.676 bits per heavy atom. The number of aryl methyl sites for hydroxylation is 1. The van der Waals surface area contributed by atoms with Crippen molar-refractivity contribution in [3.8, 4) is 22.6 Å². The van der Waals surface area contributed by atoms with Crippen LogP contribution in [0.2, 0.25) is 0 Å². The summed E-state index contributed by atoms with van der Waals surface area (Å²) in [5.41, 5.74) is 4.61. The number of rotatable bonds is 5. The lowest BCUT2D eigenvalue weighted by atomic mass is 10.1. The van der Waals surface area contributed by atoms with Gasteiger partial charge in [0.1, 0.15) is 5.69 Å². The van der Waals surface area contributed by atoms with Gasteiger partial charge in [0.05, 0.1) is 11.0 Å².